The molecule has 2 heterocycles. The molecule has 6 heteroatoms. The molecule has 0 bridgehead atoms. The van der Waals surface area contributed by atoms with Crippen molar-refractivity contribution in [1.82, 2.24) is 9.97 Å². The third-order valence-corrected chi connectivity index (χ3v) is 3.47. The van der Waals surface area contributed by atoms with Crippen LogP contribution in [0.15, 0.2) is 30.5 Å². The molecule has 1 aliphatic rings. The van der Waals surface area contributed by atoms with Gasteiger partial charge in [-0.3, -0.25) is 10.4 Å². The third-order valence-electron chi connectivity index (χ3n) is 3.47. The molecule has 2 N–H and O–H groups in total. The van der Waals surface area contributed by atoms with Crippen LogP contribution in [0.3, 0.4) is 0 Å². The van der Waals surface area contributed by atoms with Gasteiger partial charge < -0.3 is 5.11 Å². The smallest absolute Gasteiger partial charge is 0.335 e. The molecule has 0 spiro atoms. The van der Waals surface area contributed by atoms with Crippen molar-refractivity contribution in [2.75, 3.05) is 17.0 Å². The maximum Gasteiger partial charge on any atom is 0.335 e. The van der Waals surface area contributed by atoms with Crippen molar-refractivity contribution in [3.63, 3.8) is 0 Å². The van der Waals surface area contributed by atoms with Gasteiger partial charge in [-0.15, -0.1) is 0 Å². The van der Waals surface area contributed by atoms with Gasteiger partial charge in [0, 0.05) is 18.4 Å². The van der Waals surface area contributed by atoms with Crippen LogP contribution in [-0.2, 0) is 6.42 Å². The first kappa shape index (κ1) is 13.4. The fraction of sp³-hybridized carbons (Fsp3) is 0.267. The number of aryl methyl sites for hydroxylation is 2. The number of carbonyl (C=O) groups is 1. The lowest BCUT2D eigenvalue weighted by atomic mass is 10.0. The second kappa shape index (κ2) is 5.40. The van der Waals surface area contributed by atoms with Crippen LogP contribution < -0.4 is 10.4 Å². The second-order valence-corrected chi connectivity index (χ2v) is 5.04. The van der Waals surface area contributed by atoms with Crippen molar-refractivity contribution in [3.05, 3.63) is 47.3 Å². The Kier molecular flexibility index (Phi) is 3.43. The maximum atomic E-state index is 11.0. The number of carboxylic acids is 1. The molecule has 108 valence electrons. The Morgan fingerprint density at radius 3 is 3.00 bits per heavy atom. The highest BCUT2D eigenvalue weighted by molar-refractivity contribution is 5.88. The molecule has 2 aromatic rings. The summed E-state index contributed by atoms with van der Waals surface area (Å²) in [5, 5.41) is 11.0. The largest absolute Gasteiger partial charge is 0.478 e. The van der Waals surface area contributed by atoms with Crippen LogP contribution in [0.5, 0.6) is 0 Å². The van der Waals surface area contributed by atoms with Crippen molar-refractivity contribution in [2.45, 2.75) is 19.8 Å². The summed E-state index contributed by atoms with van der Waals surface area (Å²) in [5.41, 5.74) is 6.42. The Morgan fingerprint density at radius 2 is 2.24 bits per heavy atom. The van der Waals surface area contributed by atoms with Gasteiger partial charge in [0.25, 0.3) is 0 Å². The zero-order valence-electron chi connectivity index (χ0n) is 11.7. The average Bonchev–Trinajstić information content (AvgIpc) is 2.47. The molecule has 21 heavy (non-hydrogen) atoms. The zero-order chi connectivity index (χ0) is 14.8. The van der Waals surface area contributed by atoms with Crippen molar-refractivity contribution in [1.29, 1.82) is 0 Å². The number of nitrogens with zero attached hydrogens (tertiary/aromatic N) is 3. The number of hydrogen-bond donors (Lipinski definition) is 2. The molecule has 0 radical (unpaired) electrons. The van der Waals surface area contributed by atoms with E-state index in [0.717, 1.165) is 36.3 Å². The number of anilines is 2. The molecule has 0 aliphatic carbocycles. The molecule has 0 amide bonds. The highest BCUT2D eigenvalue weighted by Crippen LogP contribution is 2.28. The first-order valence-electron chi connectivity index (χ1n) is 6.83. The summed E-state index contributed by atoms with van der Waals surface area (Å²) in [6, 6.07) is 7.04. The number of rotatable bonds is 3. The first-order valence-corrected chi connectivity index (χ1v) is 6.83. The minimum atomic E-state index is -0.898. The number of aromatic nitrogens is 2. The Bertz CT molecular complexity index is 687. The number of benzene rings is 1. The molecule has 1 aliphatic heterocycles. The molecule has 0 saturated heterocycles. The minimum Gasteiger partial charge on any atom is -0.478 e. The molecular weight excluding hydrogens is 268 g/mol. The van der Waals surface area contributed by atoms with E-state index < -0.39 is 5.97 Å². The summed E-state index contributed by atoms with van der Waals surface area (Å²) in [6.45, 7) is 2.74. The Labute approximate surface area is 122 Å². The van der Waals surface area contributed by atoms with E-state index in [1.54, 1.807) is 18.3 Å². The standard InChI is InChI=1S/C15H16N4O2/c1-10-6-7-16-15(17-10)18-19-8-2-3-11-9-12(14(20)21)4-5-13(11)19/h4-7,9H,2-3,8H2,1H3,(H,20,21)(H,16,17,18). The van der Waals surface area contributed by atoms with Gasteiger partial charge in [0.15, 0.2) is 0 Å². The van der Waals surface area contributed by atoms with Crippen LogP contribution in [0.1, 0.15) is 28.0 Å². The molecular formula is C15H16N4O2. The van der Waals surface area contributed by atoms with Crippen molar-refractivity contribution < 1.29 is 9.90 Å². The Hall–Kier alpha value is -2.63. The van der Waals surface area contributed by atoms with E-state index in [-0.39, 0.29) is 0 Å². The van der Waals surface area contributed by atoms with E-state index >= 15 is 0 Å². The number of hydrazine groups is 1. The van der Waals surface area contributed by atoms with Crippen LogP contribution in [0.2, 0.25) is 0 Å². The van der Waals surface area contributed by atoms with E-state index in [9.17, 15) is 4.79 Å². The summed E-state index contributed by atoms with van der Waals surface area (Å²) in [7, 11) is 0. The van der Waals surface area contributed by atoms with Gasteiger partial charge >= 0.3 is 5.97 Å². The summed E-state index contributed by atoms with van der Waals surface area (Å²) < 4.78 is 0. The van der Waals surface area contributed by atoms with E-state index in [2.05, 4.69) is 15.4 Å². The lowest BCUT2D eigenvalue weighted by molar-refractivity contribution is 0.0697. The topological polar surface area (TPSA) is 78.4 Å². The summed E-state index contributed by atoms with van der Waals surface area (Å²) >= 11 is 0. The molecule has 0 unspecified atom stereocenters. The van der Waals surface area contributed by atoms with Crippen LogP contribution in [0.4, 0.5) is 11.6 Å². The normalized spacial score (nSPS) is 13.7. The predicted octanol–water partition coefficient (Wildman–Crippen LogP) is 2.26. The molecule has 6 nitrogen and oxygen atoms in total. The highest BCUT2D eigenvalue weighted by Gasteiger charge is 2.19. The van der Waals surface area contributed by atoms with Crippen molar-refractivity contribution in [3.8, 4) is 0 Å². The second-order valence-electron chi connectivity index (χ2n) is 5.04. The van der Waals surface area contributed by atoms with E-state index in [1.807, 2.05) is 24.1 Å². The lowest BCUT2D eigenvalue weighted by Crippen LogP contribution is -2.35. The fourth-order valence-electron chi connectivity index (χ4n) is 2.47. The fourth-order valence-corrected chi connectivity index (χ4v) is 2.47. The number of carboxylic acid groups (broad SMARTS) is 1. The number of aromatic carboxylic acids is 1. The van der Waals surface area contributed by atoms with E-state index in [4.69, 9.17) is 5.11 Å². The third kappa shape index (κ3) is 2.79. The summed E-state index contributed by atoms with van der Waals surface area (Å²) in [5.74, 6) is -0.352. The summed E-state index contributed by atoms with van der Waals surface area (Å²) in [4.78, 5) is 19.6. The van der Waals surface area contributed by atoms with Gasteiger partial charge in [-0.2, -0.15) is 0 Å². The highest BCUT2D eigenvalue weighted by atomic mass is 16.4. The van der Waals surface area contributed by atoms with E-state index in [1.165, 1.54) is 0 Å². The Balaban J connectivity index is 1.88. The molecule has 3 rings (SSSR count). The SMILES string of the molecule is Cc1ccnc(NN2CCCc3cc(C(=O)O)ccc32)n1. The van der Waals surface area contributed by atoms with Gasteiger partial charge in [0.2, 0.25) is 5.95 Å². The minimum absolute atomic E-state index is 0.322. The predicted molar refractivity (Wildman–Crippen MR) is 79.5 cm³/mol. The number of hydrogen-bond acceptors (Lipinski definition) is 5. The summed E-state index contributed by atoms with van der Waals surface area (Å²) in [6.07, 6.45) is 3.54. The lowest BCUT2D eigenvalue weighted by Gasteiger charge is -2.31. The molecule has 0 fully saturated rings. The monoisotopic (exact) mass is 284 g/mol. The van der Waals surface area contributed by atoms with Crippen LogP contribution in [0.25, 0.3) is 0 Å². The average molecular weight is 284 g/mol. The van der Waals surface area contributed by atoms with Gasteiger partial charge in [0.1, 0.15) is 0 Å². The van der Waals surface area contributed by atoms with Gasteiger partial charge in [-0.25, -0.2) is 14.8 Å². The molecule has 0 saturated carbocycles. The van der Waals surface area contributed by atoms with Crippen molar-refractivity contribution in [2.24, 2.45) is 0 Å². The van der Waals surface area contributed by atoms with Crippen LogP contribution >= 0.6 is 0 Å². The molecule has 1 aromatic heterocycles. The van der Waals surface area contributed by atoms with E-state index in [0.29, 0.717) is 11.5 Å². The van der Waals surface area contributed by atoms with Crippen LogP contribution in [0, 0.1) is 6.92 Å². The quantitative estimate of drug-likeness (QED) is 0.900. The zero-order valence-corrected chi connectivity index (χ0v) is 11.7. The molecule has 0 atom stereocenters. The maximum absolute atomic E-state index is 11.0. The van der Waals surface area contributed by atoms with Gasteiger partial charge in [0.05, 0.1) is 11.3 Å². The van der Waals surface area contributed by atoms with Crippen LogP contribution in [-0.4, -0.2) is 27.6 Å². The van der Waals surface area contributed by atoms with Gasteiger partial charge in [-0.1, -0.05) is 0 Å². The van der Waals surface area contributed by atoms with Crippen molar-refractivity contribution >= 4 is 17.6 Å². The molecule has 1 aromatic carbocycles. The number of fused-ring (bicyclic) bond motifs is 1. The van der Waals surface area contributed by atoms with Gasteiger partial charge in [-0.05, 0) is 49.6 Å². The number of nitrogens with one attached hydrogen (secondary N) is 1. The Morgan fingerprint density at radius 1 is 1.38 bits per heavy atom. The first-order chi connectivity index (χ1) is 10.1.